The van der Waals surface area contributed by atoms with Gasteiger partial charge >= 0.3 is 0 Å². The average Bonchev–Trinajstić information content (AvgIpc) is 3.34. The number of allylic oxidation sites excluding steroid dienone is 1. The van der Waals surface area contributed by atoms with Crippen molar-refractivity contribution in [2.45, 2.75) is 39.3 Å². The van der Waals surface area contributed by atoms with E-state index in [0.717, 1.165) is 43.7 Å². The fourth-order valence-corrected chi connectivity index (χ4v) is 4.99. The number of pyridine rings is 1. The molecule has 2 aromatic heterocycles. The van der Waals surface area contributed by atoms with Gasteiger partial charge in [0.25, 0.3) is 0 Å². The molecule has 3 N–H and O–H groups in total. The van der Waals surface area contributed by atoms with Crippen LogP contribution in [-0.4, -0.2) is 50.3 Å². The van der Waals surface area contributed by atoms with Gasteiger partial charge in [0.2, 0.25) is 0 Å². The maximum atomic E-state index is 8.26. The van der Waals surface area contributed by atoms with Gasteiger partial charge in [-0.05, 0) is 67.9 Å². The highest BCUT2D eigenvalue weighted by atomic mass is 15.3. The molecule has 4 rings (SSSR count). The van der Waals surface area contributed by atoms with Crippen LogP contribution in [0.2, 0.25) is 0 Å². The Hall–Kier alpha value is -2.80. The maximum Gasteiger partial charge on any atom is 0.118 e. The van der Waals surface area contributed by atoms with Crippen LogP contribution in [0.3, 0.4) is 0 Å². The van der Waals surface area contributed by atoms with Crippen LogP contribution in [0.15, 0.2) is 36.7 Å². The standard InChI is InChI=1S/C23H31N7/c1-15-5-4-8-26-21(15)14-30-12-17-9-19(10-18(17)13-30)28-22(25)7-6-20(24)23-16(2)11-27-29(23)3/h4-8,11,17-19,24H,9-10,12-14H2,1-3H3,(H2,25,28)/b7-6-,24-20?/t17-,18+,19+. The highest BCUT2D eigenvalue weighted by Gasteiger charge is 2.40. The lowest BCUT2D eigenvalue weighted by Crippen LogP contribution is -2.33. The minimum Gasteiger partial charge on any atom is -0.368 e. The third-order valence-electron chi connectivity index (χ3n) is 6.47. The Morgan fingerprint density at radius 1 is 1.17 bits per heavy atom. The van der Waals surface area contributed by atoms with Gasteiger partial charge in [-0.3, -0.25) is 25.4 Å². The number of aryl methyl sites for hydroxylation is 3. The topological polar surface area (TPSA) is 93.7 Å². The summed E-state index contributed by atoms with van der Waals surface area (Å²) in [7, 11) is 1.84. The number of nitrogens with one attached hydrogen (secondary N) is 3. The van der Waals surface area contributed by atoms with Crippen LogP contribution in [-0.2, 0) is 13.6 Å². The predicted molar refractivity (Wildman–Crippen MR) is 119 cm³/mol. The summed E-state index contributed by atoms with van der Waals surface area (Å²) in [5.74, 6) is 1.77. The molecule has 1 saturated carbocycles. The molecule has 158 valence electrons. The fraction of sp³-hybridized carbons (Fsp3) is 0.478. The zero-order valence-electron chi connectivity index (χ0n) is 18.0. The molecule has 7 nitrogen and oxygen atoms in total. The lowest BCUT2D eigenvalue weighted by molar-refractivity contribution is 0.293. The van der Waals surface area contributed by atoms with E-state index in [-0.39, 0.29) is 0 Å². The van der Waals surface area contributed by atoms with Gasteiger partial charge in [0.05, 0.1) is 23.3 Å². The van der Waals surface area contributed by atoms with Crippen LogP contribution in [0, 0.1) is 36.5 Å². The summed E-state index contributed by atoms with van der Waals surface area (Å²) < 4.78 is 1.70. The average molecular weight is 406 g/mol. The van der Waals surface area contributed by atoms with Gasteiger partial charge in [0.1, 0.15) is 5.84 Å². The first-order valence-corrected chi connectivity index (χ1v) is 10.6. The van der Waals surface area contributed by atoms with Gasteiger partial charge < -0.3 is 5.32 Å². The SMILES string of the molecule is Cc1cccnc1CN1C[C@H]2C[C@H](NC(=N)/C=C\C(=N)c3c(C)cnn3C)C[C@H]2C1. The number of hydrogen-bond donors (Lipinski definition) is 3. The molecule has 1 aliphatic heterocycles. The van der Waals surface area contributed by atoms with Crippen LogP contribution in [0.5, 0.6) is 0 Å². The number of hydrogen-bond acceptors (Lipinski definition) is 5. The van der Waals surface area contributed by atoms with E-state index in [2.05, 4.69) is 33.3 Å². The Balaban J connectivity index is 1.26. The van der Waals surface area contributed by atoms with Crippen molar-refractivity contribution in [1.82, 2.24) is 25.0 Å². The second-order valence-corrected chi connectivity index (χ2v) is 8.75. The molecule has 30 heavy (non-hydrogen) atoms. The molecule has 0 aromatic carbocycles. The van der Waals surface area contributed by atoms with Crippen molar-refractivity contribution in [2.24, 2.45) is 18.9 Å². The lowest BCUT2D eigenvalue weighted by atomic mass is 10.0. The molecule has 2 fully saturated rings. The van der Waals surface area contributed by atoms with E-state index < -0.39 is 0 Å². The maximum absolute atomic E-state index is 8.26. The summed E-state index contributed by atoms with van der Waals surface area (Å²) in [5.41, 5.74) is 4.59. The summed E-state index contributed by atoms with van der Waals surface area (Å²) in [4.78, 5) is 7.07. The molecule has 3 heterocycles. The first-order valence-electron chi connectivity index (χ1n) is 10.6. The largest absolute Gasteiger partial charge is 0.368 e. The van der Waals surface area contributed by atoms with Gasteiger partial charge in [0.15, 0.2) is 0 Å². The van der Waals surface area contributed by atoms with Gasteiger partial charge in [-0.15, -0.1) is 0 Å². The van der Waals surface area contributed by atoms with Gasteiger partial charge in [-0.2, -0.15) is 5.10 Å². The number of likely N-dealkylation sites (tertiary alicyclic amines) is 1. The first kappa shape index (κ1) is 20.5. The van der Waals surface area contributed by atoms with Gasteiger partial charge in [0, 0.05) is 38.9 Å². The Labute approximate surface area is 178 Å². The molecule has 0 radical (unpaired) electrons. The highest BCUT2D eigenvalue weighted by Crippen LogP contribution is 2.38. The Bertz CT molecular complexity index is 940. The Morgan fingerprint density at radius 3 is 2.53 bits per heavy atom. The number of fused-ring (bicyclic) bond motifs is 1. The molecular formula is C23H31N7. The van der Waals surface area contributed by atoms with Crippen LogP contribution in [0.4, 0.5) is 0 Å². The van der Waals surface area contributed by atoms with Gasteiger partial charge in [-0.1, -0.05) is 6.07 Å². The van der Waals surface area contributed by atoms with E-state index in [1.807, 2.05) is 26.2 Å². The number of amidine groups is 1. The monoisotopic (exact) mass is 405 g/mol. The molecule has 0 amide bonds. The van der Waals surface area contributed by atoms with Crippen LogP contribution >= 0.6 is 0 Å². The van der Waals surface area contributed by atoms with E-state index in [1.54, 1.807) is 23.0 Å². The highest BCUT2D eigenvalue weighted by molar-refractivity contribution is 6.09. The Kier molecular flexibility index (Phi) is 5.81. The minimum absolute atomic E-state index is 0.350. The third-order valence-corrected chi connectivity index (χ3v) is 6.47. The van der Waals surface area contributed by atoms with Crippen molar-refractivity contribution in [1.29, 1.82) is 10.8 Å². The van der Waals surface area contributed by atoms with E-state index in [0.29, 0.717) is 29.4 Å². The Morgan fingerprint density at radius 2 is 1.90 bits per heavy atom. The molecule has 1 aliphatic carbocycles. The van der Waals surface area contributed by atoms with Crippen molar-refractivity contribution in [3.63, 3.8) is 0 Å². The van der Waals surface area contributed by atoms with Crippen molar-refractivity contribution >= 4 is 11.5 Å². The number of rotatable bonds is 6. The van der Waals surface area contributed by atoms with Gasteiger partial charge in [-0.25, -0.2) is 0 Å². The molecule has 0 spiro atoms. The summed E-state index contributed by atoms with van der Waals surface area (Å²) in [6.45, 7) is 7.25. The van der Waals surface area contributed by atoms with E-state index in [4.69, 9.17) is 10.8 Å². The van der Waals surface area contributed by atoms with Crippen molar-refractivity contribution < 1.29 is 0 Å². The number of aromatic nitrogens is 3. The molecule has 2 aliphatic rings. The number of nitrogens with zero attached hydrogens (tertiary/aromatic N) is 4. The summed E-state index contributed by atoms with van der Waals surface area (Å²) in [6, 6.07) is 4.48. The molecule has 3 atom stereocenters. The zero-order chi connectivity index (χ0) is 21.3. The molecule has 2 aromatic rings. The second kappa shape index (κ2) is 8.52. The second-order valence-electron chi connectivity index (χ2n) is 8.75. The van der Waals surface area contributed by atoms with Crippen molar-refractivity contribution in [2.75, 3.05) is 13.1 Å². The quantitative estimate of drug-likeness (QED) is 0.509. The minimum atomic E-state index is 0.350. The third kappa shape index (κ3) is 4.36. The summed E-state index contributed by atoms with van der Waals surface area (Å²) in [6.07, 6.45) is 9.24. The zero-order valence-corrected chi connectivity index (χ0v) is 18.0. The van der Waals surface area contributed by atoms with Crippen LogP contribution < -0.4 is 5.32 Å². The predicted octanol–water partition coefficient (Wildman–Crippen LogP) is 2.83. The van der Waals surface area contributed by atoms with E-state index >= 15 is 0 Å². The van der Waals surface area contributed by atoms with E-state index in [9.17, 15) is 0 Å². The molecule has 0 unspecified atom stereocenters. The van der Waals surface area contributed by atoms with E-state index in [1.165, 1.54) is 11.3 Å². The van der Waals surface area contributed by atoms with Crippen molar-refractivity contribution in [3.05, 3.63) is 59.2 Å². The first-order chi connectivity index (χ1) is 14.4. The normalized spacial score (nSPS) is 23.8. The molecule has 7 heteroatoms. The van der Waals surface area contributed by atoms with Crippen LogP contribution in [0.25, 0.3) is 0 Å². The van der Waals surface area contributed by atoms with Crippen LogP contribution in [0.1, 0.15) is 35.4 Å². The smallest absolute Gasteiger partial charge is 0.118 e. The fourth-order valence-electron chi connectivity index (χ4n) is 4.99. The molecule has 1 saturated heterocycles. The molecule has 0 bridgehead atoms. The molecular weight excluding hydrogens is 374 g/mol. The van der Waals surface area contributed by atoms with Crippen molar-refractivity contribution in [3.8, 4) is 0 Å². The summed E-state index contributed by atoms with van der Waals surface area (Å²) in [5, 5.41) is 24.1. The summed E-state index contributed by atoms with van der Waals surface area (Å²) >= 11 is 0. The lowest BCUT2D eigenvalue weighted by Gasteiger charge is -2.20.